The number of rotatable bonds is 4. The second-order valence-electron chi connectivity index (χ2n) is 12.8. The number of fused-ring (bicyclic) bond motifs is 8. The van der Waals surface area contributed by atoms with Gasteiger partial charge in [0.15, 0.2) is 11.8 Å². The van der Waals surface area contributed by atoms with Gasteiger partial charge in [0.1, 0.15) is 5.82 Å². The lowest BCUT2D eigenvalue weighted by molar-refractivity contribution is -0.166. The zero-order valence-electron chi connectivity index (χ0n) is 26.1. The Hall–Kier alpha value is -3.01. The Labute approximate surface area is 249 Å². The first-order valence-corrected chi connectivity index (χ1v) is 15.3. The van der Waals surface area contributed by atoms with Crippen molar-refractivity contribution in [1.82, 2.24) is 14.6 Å². The number of carbonyl (C=O) groups excluding carboxylic acids is 1. The van der Waals surface area contributed by atoms with E-state index in [4.69, 9.17) is 29.0 Å². The Morgan fingerprint density at radius 1 is 1.12 bits per heavy atom. The number of piperidine rings is 1. The number of esters is 1. The second kappa shape index (κ2) is 12.7. The average molecular weight is 579 g/mol. The van der Waals surface area contributed by atoms with Gasteiger partial charge in [-0.15, -0.1) is 0 Å². The summed E-state index contributed by atoms with van der Waals surface area (Å²) >= 11 is 0. The van der Waals surface area contributed by atoms with Gasteiger partial charge in [0.05, 0.1) is 42.3 Å². The fraction of sp³-hybridized carbons (Fsp3) is 0.606. The molecular formula is C33H46N4O5. The van der Waals surface area contributed by atoms with Crippen LogP contribution in [0.3, 0.4) is 0 Å². The van der Waals surface area contributed by atoms with E-state index in [-0.39, 0.29) is 12.2 Å². The van der Waals surface area contributed by atoms with Crippen molar-refractivity contribution in [3.05, 3.63) is 58.4 Å². The summed E-state index contributed by atoms with van der Waals surface area (Å²) in [5.74, 6) is 0.394. The summed E-state index contributed by atoms with van der Waals surface area (Å²) in [7, 11) is 0. The highest BCUT2D eigenvalue weighted by atomic mass is 16.6. The highest BCUT2D eigenvalue weighted by molar-refractivity contribution is 5.80. The molecule has 6 rings (SSSR count). The first-order chi connectivity index (χ1) is 20.0. The third-order valence-electron chi connectivity index (χ3n) is 8.03. The molecule has 228 valence electrons. The first-order valence-electron chi connectivity index (χ1n) is 15.3. The zero-order valence-corrected chi connectivity index (χ0v) is 26.1. The van der Waals surface area contributed by atoms with Gasteiger partial charge in [-0.3, -0.25) is 0 Å². The maximum absolute atomic E-state index is 13.4. The van der Waals surface area contributed by atoms with Gasteiger partial charge in [0, 0.05) is 31.5 Å². The number of carbonyl (C=O) groups is 1. The molecule has 5 heterocycles. The van der Waals surface area contributed by atoms with Crippen LogP contribution in [0.5, 0.6) is 0 Å². The minimum atomic E-state index is -0.945. The first kappa shape index (κ1) is 30.4. The van der Waals surface area contributed by atoms with Crippen LogP contribution in [-0.2, 0) is 43.4 Å². The van der Waals surface area contributed by atoms with E-state index in [2.05, 4.69) is 36.1 Å². The summed E-state index contributed by atoms with van der Waals surface area (Å²) in [5.41, 5.74) is 4.59. The Morgan fingerprint density at radius 3 is 2.62 bits per heavy atom. The standard InChI is InChI=1S/C33H46N4O5/c1-7-40-31(38)29(42-32(3,4)5)28-23(2)34-27-20-26-22-39-21-25-13-10-12-24(19-25)11-8-9-18-41-33(6)14-16-36(17-15-33)30(28)37(27)35-26/h10,12-13,19-20,29H,7-9,11,14-18,21-22H2,1-6H3/t29-/m0/s1. The van der Waals surface area contributed by atoms with Crippen molar-refractivity contribution in [1.29, 1.82) is 0 Å². The zero-order chi connectivity index (χ0) is 29.9. The minimum Gasteiger partial charge on any atom is -0.464 e. The molecule has 0 radical (unpaired) electrons. The molecule has 6 bridgehead atoms. The fourth-order valence-corrected chi connectivity index (χ4v) is 5.87. The smallest absolute Gasteiger partial charge is 0.340 e. The molecule has 3 aromatic rings. The van der Waals surface area contributed by atoms with Crippen LogP contribution >= 0.6 is 0 Å². The molecule has 1 atom stereocenters. The Bertz CT molecular complexity index is 1390. The second-order valence-corrected chi connectivity index (χ2v) is 12.8. The van der Waals surface area contributed by atoms with Crippen LogP contribution in [0.25, 0.3) is 5.65 Å². The van der Waals surface area contributed by atoms with E-state index in [0.717, 1.165) is 74.6 Å². The number of anilines is 1. The number of nitrogens with zero attached hydrogens (tertiary/aromatic N) is 4. The van der Waals surface area contributed by atoms with Crippen molar-refractivity contribution in [2.45, 2.75) is 104 Å². The molecule has 3 aliphatic rings. The molecular weight excluding hydrogens is 532 g/mol. The minimum absolute atomic E-state index is 0.202. The third-order valence-corrected chi connectivity index (χ3v) is 8.03. The Kier molecular flexibility index (Phi) is 9.20. The average Bonchev–Trinajstić information content (AvgIpc) is 3.33. The van der Waals surface area contributed by atoms with Crippen LogP contribution in [0.4, 0.5) is 5.82 Å². The topological polar surface area (TPSA) is 87.4 Å². The largest absolute Gasteiger partial charge is 0.464 e. The van der Waals surface area contributed by atoms with Gasteiger partial charge in [-0.05, 0) is 84.8 Å². The van der Waals surface area contributed by atoms with Crippen molar-refractivity contribution in [3.8, 4) is 0 Å². The number of benzene rings is 1. The van der Waals surface area contributed by atoms with Gasteiger partial charge < -0.3 is 23.8 Å². The van der Waals surface area contributed by atoms with Crippen molar-refractivity contribution in [2.75, 3.05) is 31.2 Å². The quantitative estimate of drug-likeness (QED) is 0.355. The van der Waals surface area contributed by atoms with Crippen molar-refractivity contribution >= 4 is 17.4 Å². The lowest BCUT2D eigenvalue weighted by atomic mass is 9.92. The fourth-order valence-electron chi connectivity index (χ4n) is 5.87. The van der Waals surface area contributed by atoms with E-state index in [1.165, 1.54) is 5.56 Å². The molecule has 1 saturated heterocycles. The molecule has 0 aliphatic carbocycles. The predicted octanol–water partition coefficient (Wildman–Crippen LogP) is 5.89. The Morgan fingerprint density at radius 2 is 1.88 bits per heavy atom. The molecule has 2 aromatic heterocycles. The normalized spacial score (nSPS) is 18.9. The number of aryl methyl sites for hydroxylation is 2. The van der Waals surface area contributed by atoms with Gasteiger partial charge in [-0.25, -0.2) is 9.78 Å². The van der Waals surface area contributed by atoms with Gasteiger partial charge >= 0.3 is 5.97 Å². The lowest BCUT2D eigenvalue weighted by Crippen LogP contribution is -2.46. The molecule has 1 aromatic carbocycles. The lowest BCUT2D eigenvalue weighted by Gasteiger charge is -2.41. The van der Waals surface area contributed by atoms with Gasteiger partial charge in [0.25, 0.3) is 0 Å². The van der Waals surface area contributed by atoms with Crippen molar-refractivity contribution in [3.63, 3.8) is 0 Å². The van der Waals surface area contributed by atoms with E-state index in [9.17, 15) is 4.79 Å². The molecule has 9 nitrogen and oxygen atoms in total. The molecule has 0 spiro atoms. The molecule has 42 heavy (non-hydrogen) atoms. The molecule has 1 fully saturated rings. The van der Waals surface area contributed by atoms with Crippen LogP contribution in [-0.4, -0.2) is 58.1 Å². The van der Waals surface area contributed by atoms with E-state index in [0.29, 0.717) is 24.4 Å². The monoisotopic (exact) mass is 578 g/mol. The summed E-state index contributed by atoms with van der Waals surface area (Å²) in [5, 5.41) is 4.97. The predicted molar refractivity (Wildman–Crippen MR) is 162 cm³/mol. The number of hydrogen-bond acceptors (Lipinski definition) is 8. The van der Waals surface area contributed by atoms with E-state index in [1.807, 2.05) is 45.2 Å². The van der Waals surface area contributed by atoms with Crippen LogP contribution in [0, 0.1) is 6.92 Å². The van der Waals surface area contributed by atoms with E-state index >= 15 is 0 Å². The van der Waals surface area contributed by atoms with E-state index in [1.54, 1.807) is 0 Å². The molecule has 0 saturated carbocycles. The van der Waals surface area contributed by atoms with Crippen molar-refractivity contribution < 1.29 is 23.7 Å². The molecule has 0 unspecified atom stereocenters. The van der Waals surface area contributed by atoms with Gasteiger partial charge in [0.2, 0.25) is 0 Å². The molecule has 0 N–H and O–H groups in total. The number of aromatic nitrogens is 3. The van der Waals surface area contributed by atoms with Gasteiger partial charge in [-0.1, -0.05) is 24.3 Å². The van der Waals surface area contributed by atoms with Crippen LogP contribution < -0.4 is 4.90 Å². The highest BCUT2D eigenvalue weighted by Gasteiger charge is 2.38. The number of hydrogen-bond donors (Lipinski definition) is 0. The summed E-state index contributed by atoms with van der Waals surface area (Å²) in [6, 6.07) is 10.6. The SMILES string of the molecule is CCOC(=O)[C@@H](OC(C)(C)C)c1c(C)nc2cc3nn2c1N1CCC(C)(CC1)OCCCCc1cccc(c1)COC3. The molecule has 3 aliphatic heterocycles. The highest BCUT2D eigenvalue weighted by Crippen LogP contribution is 2.38. The maximum Gasteiger partial charge on any atom is 0.340 e. The summed E-state index contributed by atoms with van der Waals surface area (Å²) < 4.78 is 26.4. The number of ether oxygens (including phenoxy) is 4. The Balaban J connectivity index is 1.58. The summed E-state index contributed by atoms with van der Waals surface area (Å²) in [6.07, 6.45) is 3.91. The summed E-state index contributed by atoms with van der Waals surface area (Å²) in [6.45, 7) is 15.2. The third kappa shape index (κ3) is 7.13. The van der Waals surface area contributed by atoms with E-state index < -0.39 is 17.7 Å². The van der Waals surface area contributed by atoms with Crippen LogP contribution in [0.2, 0.25) is 0 Å². The van der Waals surface area contributed by atoms with Gasteiger partial charge in [-0.2, -0.15) is 9.61 Å². The van der Waals surface area contributed by atoms with Crippen LogP contribution in [0.1, 0.15) is 94.5 Å². The molecule has 0 amide bonds. The summed E-state index contributed by atoms with van der Waals surface area (Å²) in [4.78, 5) is 20.6. The molecule has 9 heteroatoms. The maximum atomic E-state index is 13.4. The van der Waals surface area contributed by atoms with Crippen LogP contribution in [0.15, 0.2) is 30.3 Å². The van der Waals surface area contributed by atoms with Crippen molar-refractivity contribution in [2.24, 2.45) is 0 Å².